The van der Waals surface area contributed by atoms with E-state index in [1.807, 2.05) is 34.9 Å². The fourth-order valence-electron chi connectivity index (χ4n) is 3.27. The van der Waals surface area contributed by atoms with Gasteiger partial charge in [0.05, 0.1) is 18.1 Å². The fraction of sp³-hybridized carbons (Fsp3) is 0.292. The predicted molar refractivity (Wildman–Crippen MR) is 119 cm³/mol. The van der Waals surface area contributed by atoms with Crippen molar-refractivity contribution in [1.82, 2.24) is 4.57 Å². The van der Waals surface area contributed by atoms with Gasteiger partial charge in [-0.05, 0) is 68.8 Å². The van der Waals surface area contributed by atoms with Crippen molar-refractivity contribution in [3.8, 4) is 5.75 Å². The fourth-order valence-corrected chi connectivity index (χ4v) is 3.27. The topological polar surface area (TPSA) is 42.9 Å². The number of hydrogen-bond donors (Lipinski definition) is 0. The summed E-state index contributed by atoms with van der Waals surface area (Å²) in [5, 5.41) is 0.813. The Morgan fingerprint density at radius 3 is 2.24 bits per heavy atom. The molecule has 0 unspecified atom stereocenters. The average molecular weight is 392 g/mol. The lowest BCUT2D eigenvalue weighted by atomic mass is 10.2. The molecule has 0 aliphatic rings. The van der Waals surface area contributed by atoms with Crippen LogP contribution in [0.1, 0.15) is 26.3 Å². The highest BCUT2D eigenvalue weighted by atomic mass is 16.5. The zero-order chi connectivity index (χ0) is 20.8. The predicted octanol–water partition coefficient (Wildman–Crippen LogP) is 3.43. The smallest absolute Gasteiger partial charge is 0.302 e. The van der Waals surface area contributed by atoms with Crippen LogP contribution in [0.15, 0.2) is 57.9 Å². The minimum absolute atomic E-state index is 0.536. The molecule has 3 rings (SSSR count). The molecule has 29 heavy (non-hydrogen) atoms. The lowest BCUT2D eigenvalue weighted by Gasteiger charge is -2.20. The first-order valence-corrected chi connectivity index (χ1v) is 10.0. The maximum Gasteiger partial charge on any atom is 0.302 e. The SMILES string of the molecule is C=c1/c(=C\c2ccc(N(CC)CC)cc2)o/c(=N/c2ccc(OC)cc2)n1CC. The van der Waals surface area contributed by atoms with Crippen molar-refractivity contribution in [2.75, 3.05) is 25.1 Å². The van der Waals surface area contributed by atoms with Gasteiger partial charge in [-0.15, -0.1) is 0 Å². The van der Waals surface area contributed by atoms with Crippen molar-refractivity contribution in [3.05, 3.63) is 70.5 Å². The standard InChI is InChI=1S/C24H29N3O2/c1-6-26(7-2)21-13-9-19(10-14-21)17-23-18(4)27(8-3)24(29-23)25-20-11-15-22(28-5)16-12-20/h9-17H,4,6-8H2,1-3,5H3/b23-17+,25-24+. The molecule has 1 aromatic heterocycles. The molecule has 0 fully saturated rings. The second-order valence-corrected chi connectivity index (χ2v) is 6.66. The van der Waals surface area contributed by atoms with Gasteiger partial charge in [-0.1, -0.05) is 18.7 Å². The van der Waals surface area contributed by atoms with E-state index in [0.717, 1.165) is 47.4 Å². The van der Waals surface area contributed by atoms with E-state index in [-0.39, 0.29) is 0 Å². The van der Waals surface area contributed by atoms with E-state index >= 15 is 0 Å². The van der Waals surface area contributed by atoms with Gasteiger partial charge in [0.2, 0.25) is 0 Å². The van der Waals surface area contributed by atoms with Crippen molar-refractivity contribution in [3.63, 3.8) is 0 Å². The summed E-state index contributed by atoms with van der Waals surface area (Å²) in [7, 11) is 1.65. The number of hydrogen-bond acceptors (Lipinski definition) is 4. The highest BCUT2D eigenvalue weighted by Gasteiger charge is 2.04. The van der Waals surface area contributed by atoms with Crippen molar-refractivity contribution in [2.45, 2.75) is 27.3 Å². The third-order valence-electron chi connectivity index (χ3n) is 4.98. The van der Waals surface area contributed by atoms with Crippen molar-refractivity contribution >= 4 is 24.0 Å². The van der Waals surface area contributed by atoms with Crippen LogP contribution in [0.3, 0.4) is 0 Å². The highest BCUT2D eigenvalue weighted by Crippen LogP contribution is 2.17. The van der Waals surface area contributed by atoms with Gasteiger partial charge in [0.25, 0.3) is 0 Å². The molecular weight excluding hydrogens is 362 g/mol. The van der Waals surface area contributed by atoms with E-state index in [0.29, 0.717) is 5.68 Å². The van der Waals surface area contributed by atoms with E-state index in [1.165, 1.54) is 5.69 Å². The Morgan fingerprint density at radius 1 is 1.03 bits per heavy atom. The van der Waals surface area contributed by atoms with Crippen LogP contribution in [0.5, 0.6) is 5.75 Å². The zero-order valence-electron chi connectivity index (χ0n) is 17.7. The second kappa shape index (κ2) is 9.32. The maximum absolute atomic E-state index is 6.06. The average Bonchev–Trinajstić information content (AvgIpc) is 3.04. The number of oxazole rings is 1. The van der Waals surface area contributed by atoms with Crippen LogP contribution < -0.4 is 26.1 Å². The molecule has 0 aliphatic carbocycles. The van der Waals surface area contributed by atoms with Crippen molar-refractivity contribution in [2.24, 2.45) is 4.99 Å². The molecule has 0 aliphatic heterocycles. The molecule has 3 aromatic rings. The third-order valence-corrected chi connectivity index (χ3v) is 4.98. The summed E-state index contributed by atoms with van der Waals surface area (Å²) < 4.78 is 13.2. The Bertz CT molecular complexity index is 1100. The molecule has 1 heterocycles. The van der Waals surface area contributed by atoms with Crippen LogP contribution >= 0.6 is 0 Å². The van der Waals surface area contributed by atoms with E-state index in [9.17, 15) is 0 Å². The molecule has 0 atom stereocenters. The number of nitrogens with zero attached hydrogens (tertiary/aromatic N) is 3. The van der Waals surface area contributed by atoms with E-state index in [4.69, 9.17) is 9.15 Å². The molecule has 5 heteroatoms. The quantitative estimate of drug-likeness (QED) is 0.620. The first kappa shape index (κ1) is 20.5. The van der Waals surface area contributed by atoms with Crippen molar-refractivity contribution < 1.29 is 9.15 Å². The monoisotopic (exact) mass is 391 g/mol. The maximum atomic E-state index is 6.06. The van der Waals surface area contributed by atoms with Gasteiger partial charge in [0.15, 0.2) is 5.42 Å². The Kier molecular flexibility index (Phi) is 6.60. The van der Waals surface area contributed by atoms with Gasteiger partial charge in [0, 0.05) is 25.3 Å². The van der Waals surface area contributed by atoms with Crippen LogP contribution in [0.25, 0.3) is 12.7 Å². The van der Waals surface area contributed by atoms with Gasteiger partial charge in [0.1, 0.15) is 5.75 Å². The summed E-state index contributed by atoms with van der Waals surface area (Å²) in [5.74, 6) is 0.798. The molecular formula is C24H29N3O2. The number of methoxy groups -OCH3 is 1. The van der Waals surface area contributed by atoms with E-state index in [1.54, 1.807) is 7.11 Å². The minimum Gasteiger partial charge on any atom is -0.497 e. The third kappa shape index (κ3) is 4.62. The molecule has 0 spiro atoms. The Labute approximate surface area is 171 Å². The molecule has 0 radical (unpaired) electrons. The molecule has 0 bridgehead atoms. The summed E-state index contributed by atoms with van der Waals surface area (Å²) in [4.78, 5) is 6.96. The summed E-state index contributed by atoms with van der Waals surface area (Å²) in [6, 6.07) is 16.1. The van der Waals surface area contributed by atoms with Crippen LogP contribution in [-0.4, -0.2) is 24.8 Å². The van der Waals surface area contributed by atoms with Crippen LogP contribution in [-0.2, 0) is 6.54 Å². The number of rotatable bonds is 7. The molecule has 0 saturated heterocycles. The van der Waals surface area contributed by atoms with Gasteiger partial charge in [-0.25, -0.2) is 0 Å². The van der Waals surface area contributed by atoms with Gasteiger partial charge < -0.3 is 14.1 Å². The molecule has 5 nitrogen and oxygen atoms in total. The lowest BCUT2D eigenvalue weighted by molar-refractivity contribution is 0.414. The Balaban J connectivity index is 2.00. The lowest BCUT2D eigenvalue weighted by Crippen LogP contribution is -2.30. The summed E-state index contributed by atoms with van der Waals surface area (Å²) >= 11 is 0. The Hall–Kier alpha value is -3.21. The first-order valence-electron chi connectivity index (χ1n) is 10.0. The number of benzene rings is 2. The summed E-state index contributed by atoms with van der Waals surface area (Å²) in [5.41, 5.74) is 4.35. The molecule has 2 aromatic carbocycles. The van der Waals surface area contributed by atoms with Crippen LogP contribution in [0, 0.1) is 0 Å². The molecule has 0 N–H and O–H groups in total. The zero-order valence-corrected chi connectivity index (χ0v) is 17.7. The number of anilines is 1. The molecule has 0 saturated carbocycles. The number of aromatic nitrogens is 1. The molecule has 0 amide bonds. The van der Waals surface area contributed by atoms with Gasteiger partial charge >= 0.3 is 5.68 Å². The highest BCUT2D eigenvalue weighted by molar-refractivity contribution is 5.55. The summed E-state index contributed by atoms with van der Waals surface area (Å²) in [6.07, 6.45) is 2.01. The normalized spacial score (nSPS) is 12.4. The first-order chi connectivity index (χ1) is 14.1. The van der Waals surface area contributed by atoms with E-state index in [2.05, 4.69) is 61.5 Å². The summed E-state index contributed by atoms with van der Waals surface area (Å²) in [6.45, 7) is 13.3. The minimum atomic E-state index is 0.536. The second-order valence-electron chi connectivity index (χ2n) is 6.66. The van der Waals surface area contributed by atoms with Gasteiger partial charge in [-0.3, -0.25) is 4.57 Å². The van der Waals surface area contributed by atoms with Crippen LogP contribution in [0.2, 0.25) is 0 Å². The number of ether oxygens (including phenoxy) is 1. The van der Waals surface area contributed by atoms with Gasteiger partial charge in [-0.2, -0.15) is 4.99 Å². The molecule has 152 valence electrons. The van der Waals surface area contributed by atoms with Crippen molar-refractivity contribution in [1.29, 1.82) is 0 Å². The largest absolute Gasteiger partial charge is 0.497 e. The Morgan fingerprint density at radius 2 is 1.69 bits per heavy atom. The van der Waals surface area contributed by atoms with E-state index < -0.39 is 0 Å². The van der Waals surface area contributed by atoms with Crippen LogP contribution in [0.4, 0.5) is 11.4 Å².